The molecule has 1 N–H and O–H groups in total. The lowest BCUT2D eigenvalue weighted by Crippen LogP contribution is -2.33. The largest absolute Gasteiger partial charge is 0.381 e. The standard InChI is InChI=1S/C10H17N3OS2/c1-8-11-9(13-12-8)16-7-10(6-15)2-4-14-5-3-10/h15H,2-7H2,1H3,(H,11,12,13). The van der Waals surface area contributed by atoms with Gasteiger partial charge in [0.1, 0.15) is 5.82 Å². The summed E-state index contributed by atoms with van der Waals surface area (Å²) in [5.74, 6) is 2.80. The number of nitrogens with zero attached hydrogens (tertiary/aromatic N) is 2. The molecule has 1 aromatic heterocycles. The first-order valence-corrected chi connectivity index (χ1v) is 7.06. The maximum Gasteiger partial charge on any atom is 0.208 e. The molecule has 0 unspecified atom stereocenters. The van der Waals surface area contributed by atoms with Gasteiger partial charge in [0, 0.05) is 19.0 Å². The van der Waals surface area contributed by atoms with E-state index in [0.29, 0.717) is 5.41 Å². The average Bonchev–Trinajstić information content (AvgIpc) is 2.74. The Kier molecular flexibility index (Phi) is 4.16. The first-order chi connectivity index (χ1) is 7.74. The second-order valence-electron chi connectivity index (χ2n) is 4.26. The zero-order valence-electron chi connectivity index (χ0n) is 9.40. The fourth-order valence-corrected chi connectivity index (χ4v) is 3.47. The summed E-state index contributed by atoms with van der Waals surface area (Å²) in [7, 11) is 0. The van der Waals surface area contributed by atoms with Crippen molar-refractivity contribution >= 4 is 24.4 Å². The molecular formula is C10H17N3OS2. The molecule has 0 aliphatic carbocycles. The molecule has 0 amide bonds. The number of aryl methyl sites for hydroxylation is 1. The molecule has 0 bridgehead atoms. The molecule has 1 aliphatic heterocycles. The first kappa shape index (κ1) is 12.3. The second-order valence-corrected chi connectivity index (χ2v) is 5.52. The second kappa shape index (κ2) is 5.42. The number of thioether (sulfide) groups is 1. The topological polar surface area (TPSA) is 50.8 Å². The molecule has 1 saturated heterocycles. The smallest absolute Gasteiger partial charge is 0.208 e. The van der Waals surface area contributed by atoms with E-state index in [2.05, 4.69) is 27.8 Å². The zero-order valence-corrected chi connectivity index (χ0v) is 11.1. The van der Waals surface area contributed by atoms with E-state index in [1.165, 1.54) is 0 Å². The van der Waals surface area contributed by atoms with Gasteiger partial charge >= 0.3 is 0 Å². The maximum absolute atomic E-state index is 5.40. The summed E-state index contributed by atoms with van der Waals surface area (Å²) < 4.78 is 5.40. The number of aromatic amines is 1. The van der Waals surface area contributed by atoms with Crippen LogP contribution in [0.25, 0.3) is 0 Å². The molecule has 6 heteroatoms. The van der Waals surface area contributed by atoms with Crippen LogP contribution in [-0.2, 0) is 4.74 Å². The van der Waals surface area contributed by atoms with E-state index in [9.17, 15) is 0 Å². The number of thiol groups is 1. The normalized spacial score (nSPS) is 19.9. The third-order valence-electron chi connectivity index (χ3n) is 2.97. The molecule has 16 heavy (non-hydrogen) atoms. The van der Waals surface area contributed by atoms with Crippen molar-refractivity contribution in [1.29, 1.82) is 0 Å². The Morgan fingerprint density at radius 1 is 1.50 bits per heavy atom. The van der Waals surface area contributed by atoms with Crippen LogP contribution in [0.1, 0.15) is 18.7 Å². The fraction of sp³-hybridized carbons (Fsp3) is 0.800. The van der Waals surface area contributed by atoms with Crippen LogP contribution >= 0.6 is 24.4 Å². The van der Waals surface area contributed by atoms with Gasteiger partial charge in [-0.3, -0.25) is 5.10 Å². The SMILES string of the molecule is Cc1nc(SCC2(CS)CCOCC2)n[nH]1. The van der Waals surface area contributed by atoms with Crippen LogP contribution in [0.5, 0.6) is 0 Å². The van der Waals surface area contributed by atoms with Crippen molar-refractivity contribution in [1.82, 2.24) is 15.2 Å². The predicted molar refractivity (Wildman–Crippen MR) is 68.2 cm³/mol. The number of rotatable bonds is 4. The van der Waals surface area contributed by atoms with E-state index in [1.54, 1.807) is 11.8 Å². The van der Waals surface area contributed by atoms with Gasteiger partial charge in [0.15, 0.2) is 0 Å². The molecular weight excluding hydrogens is 242 g/mol. The zero-order chi connectivity index (χ0) is 11.4. The Morgan fingerprint density at radius 2 is 2.25 bits per heavy atom. The van der Waals surface area contributed by atoms with E-state index in [0.717, 1.165) is 48.5 Å². The fourth-order valence-electron chi connectivity index (χ4n) is 1.76. The van der Waals surface area contributed by atoms with Crippen molar-refractivity contribution in [3.63, 3.8) is 0 Å². The van der Waals surface area contributed by atoms with Gasteiger partial charge in [-0.2, -0.15) is 12.6 Å². The van der Waals surface area contributed by atoms with Crippen molar-refractivity contribution < 1.29 is 4.74 Å². The Balaban J connectivity index is 1.91. The molecule has 2 rings (SSSR count). The predicted octanol–water partition coefficient (Wildman–Crippen LogP) is 1.93. The van der Waals surface area contributed by atoms with Crippen LogP contribution in [0.2, 0.25) is 0 Å². The van der Waals surface area contributed by atoms with Gasteiger partial charge in [-0.15, -0.1) is 5.10 Å². The lowest BCUT2D eigenvalue weighted by molar-refractivity contribution is 0.0371. The van der Waals surface area contributed by atoms with E-state index < -0.39 is 0 Å². The van der Waals surface area contributed by atoms with Crippen LogP contribution in [0, 0.1) is 12.3 Å². The van der Waals surface area contributed by atoms with Gasteiger partial charge in [0.05, 0.1) is 0 Å². The third kappa shape index (κ3) is 2.93. The third-order valence-corrected chi connectivity index (χ3v) is 4.84. The Labute approximate surface area is 105 Å². The number of hydrogen-bond donors (Lipinski definition) is 2. The van der Waals surface area contributed by atoms with Crippen LogP contribution in [0.15, 0.2) is 5.16 Å². The Hall–Kier alpha value is -0.200. The van der Waals surface area contributed by atoms with Gasteiger partial charge in [-0.05, 0) is 30.9 Å². The lowest BCUT2D eigenvalue weighted by atomic mass is 9.84. The molecule has 1 aliphatic rings. The van der Waals surface area contributed by atoms with Crippen LogP contribution < -0.4 is 0 Å². The summed E-state index contributed by atoms with van der Waals surface area (Å²) in [6, 6.07) is 0. The molecule has 4 nitrogen and oxygen atoms in total. The molecule has 0 atom stereocenters. The monoisotopic (exact) mass is 259 g/mol. The van der Waals surface area contributed by atoms with E-state index in [1.807, 2.05) is 6.92 Å². The van der Waals surface area contributed by atoms with E-state index in [-0.39, 0.29) is 0 Å². The van der Waals surface area contributed by atoms with Crippen molar-refractivity contribution in [3.8, 4) is 0 Å². The molecule has 90 valence electrons. The van der Waals surface area contributed by atoms with Gasteiger partial charge in [-0.25, -0.2) is 4.98 Å². The van der Waals surface area contributed by atoms with Crippen LogP contribution in [0.3, 0.4) is 0 Å². The highest BCUT2D eigenvalue weighted by Gasteiger charge is 2.31. The summed E-state index contributed by atoms with van der Waals surface area (Å²) >= 11 is 6.20. The van der Waals surface area contributed by atoms with Crippen molar-refractivity contribution in [2.24, 2.45) is 5.41 Å². The van der Waals surface area contributed by atoms with Gasteiger partial charge in [0.2, 0.25) is 5.16 Å². The Bertz CT molecular complexity index is 337. The highest BCUT2D eigenvalue weighted by Crippen LogP contribution is 2.36. The summed E-state index contributed by atoms with van der Waals surface area (Å²) in [4.78, 5) is 4.30. The summed E-state index contributed by atoms with van der Waals surface area (Å²) in [6.45, 7) is 3.63. The van der Waals surface area contributed by atoms with Gasteiger partial charge < -0.3 is 4.74 Å². The molecule has 1 fully saturated rings. The molecule has 0 radical (unpaired) electrons. The Morgan fingerprint density at radius 3 is 2.81 bits per heavy atom. The quantitative estimate of drug-likeness (QED) is 0.641. The van der Waals surface area contributed by atoms with Crippen molar-refractivity contribution in [2.45, 2.75) is 24.9 Å². The molecule has 0 aromatic carbocycles. The van der Waals surface area contributed by atoms with Crippen molar-refractivity contribution in [2.75, 3.05) is 24.7 Å². The van der Waals surface area contributed by atoms with Crippen molar-refractivity contribution in [3.05, 3.63) is 5.82 Å². The number of nitrogens with one attached hydrogen (secondary N) is 1. The minimum atomic E-state index is 0.292. The van der Waals surface area contributed by atoms with E-state index >= 15 is 0 Å². The van der Waals surface area contributed by atoms with Crippen LogP contribution in [0.4, 0.5) is 0 Å². The minimum absolute atomic E-state index is 0.292. The number of ether oxygens (including phenoxy) is 1. The molecule has 1 aromatic rings. The number of hydrogen-bond acceptors (Lipinski definition) is 5. The molecule has 2 heterocycles. The van der Waals surface area contributed by atoms with Gasteiger partial charge in [0.25, 0.3) is 0 Å². The minimum Gasteiger partial charge on any atom is -0.381 e. The van der Waals surface area contributed by atoms with Crippen LogP contribution in [-0.4, -0.2) is 39.9 Å². The molecule has 0 spiro atoms. The van der Waals surface area contributed by atoms with Gasteiger partial charge in [-0.1, -0.05) is 11.8 Å². The summed E-state index contributed by atoms with van der Waals surface area (Å²) in [6.07, 6.45) is 2.18. The molecule has 0 saturated carbocycles. The summed E-state index contributed by atoms with van der Waals surface area (Å²) in [5.41, 5.74) is 0.292. The lowest BCUT2D eigenvalue weighted by Gasteiger charge is -2.35. The average molecular weight is 259 g/mol. The first-order valence-electron chi connectivity index (χ1n) is 5.45. The maximum atomic E-state index is 5.40. The highest BCUT2D eigenvalue weighted by atomic mass is 32.2. The highest BCUT2D eigenvalue weighted by molar-refractivity contribution is 7.99. The van der Waals surface area contributed by atoms with E-state index in [4.69, 9.17) is 4.74 Å². The summed E-state index contributed by atoms with van der Waals surface area (Å²) in [5, 5.41) is 7.84. The number of aromatic nitrogens is 3. The number of H-pyrrole nitrogens is 1.